The Morgan fingerprint density at radius 3 is 2.50 bits per heavy atom. The molecule has 3 heteroatoms. The van der Waals surface area contributed by atoms with Crippen molar-refractivity contribution < 1.29 is 4.79 Å². The molecule has 1 saturated carbocycles. The van der Waals surface area contributed by atoms with Crippen LogP contribution in [0.15, 0.2) is 0 Å². The van der Waals surface area contributed by atoms with Crippen LogP contribution in [-0.4, -0.2) is 18.0 Å². The van der Waals surface area contributed by atoms with E-state index in [1.807, 2.05) is 0 Å². The Bertz CT molecular complexity index is 247. The third-order valence-corrected chi connectivity index (χ3v) is 4.29. The predicted octanol–water partition coefficient (Wildman–Crippen LogP) is 2.98. The fraction of sp³-hybridized carbons (Fsp3) is 0.933. The molecule has 3 nitrogen and oxygen atoms in total. The number of amides is 1. The van der Waals surface area contributed by atoms with E-state index in [9.17, 15) is 4.79 Å². The fourth-order valence-corrected chi connectivity index (χ4v) is 2.77. The number of nitrogens with one attached hydrogen (secondary N) is 1. The number of carbonyl (C=O) groups excluding carboxylic acids is 1. The minimum absolute atomic E-state index is 0.0807. The molecule has 1 rings (SSSR count). The van der Waals surface area contributed by atoms with Gasteiger partial charge in [-0.2, -0.15) is 0 Å². The van der Waals surface area contributed by atoms with Crippen molar-refractivity contribution in [3.8, 4) is 0 Å². The molecule has 0 bridgehead atoms. The van der Waals surface area contributed by atoms with Gasteiger partial charge in [0.05, 0.1) is 5.54 Å². The summed E-state index contributed by atoms with van der Waals surface area (Å²) in [5.41, 5.74) is 5.64. The highest BCUT2D eigenvalue weighted by Crippen LogP contribution is 2.26. The normalized spacial score (nSPS) is 20.4. The Labute approximate surface area is 112 Å². The van der Waals surface area contributed by atoms with E-state index in [1.165, 1.54) is 25.7 Å². The zero-order valence-corrected chi connectivity index (χ0v) is 12.1. The number of carbonyl (C=O) groups is 1. The highest BCUT2D eigenvalue weighted by Gasteiger charge is 2.35. The number of rotatable bonds is 7. The largest absolute Gasteiger partial charge is 0.354 e. The van der Waals surface area contributed by atoms with E-state index in [4.69, 9.17) is 5.73 Å². The molecule has 0 aromatic heterocycles. The van der Waals surface area contributed by atoms with Gasteiger partial charge in [0.25, 0.3) is 0 Å². The predicted molar refractivity (Wildman–Crippen MR) is 76.3 cm³/mol. The van der Waals surface area contributed by atoms with E-state index in [1.54, 1.807) is 0 Å². The van der Waals surface area contributed by atoms with Crippen molar-refractivity contribution in [2.75, 3.05) is 6.54 Å². The first kappa shape index (κ1) is 15.5. The summed E-state index contributed by atoms with van der Waals surface area (Å²) in [6, 6.07) is 0. The van der Waals surface area contributed by atoms with Gasteiger partial charge < -0.3 is 11.1 Å². The van der Waals surface area contributed by atoms with Crippen LogP contribution in [0.5, 0.6) is 0 Å². The lowest BCUT2D eigenvalue weighted by Crippen LogP contribution is -2.55. The van der Waals surface area contributed by atoms with Gasteiger partial charge in [0.15, 0.2) is 0 Å². The van der Waals surface area contributed by atoms with Crippen molar-refractivity contribution in [1.29, 1.82) is 0 Å². The standard InChI is InChI=1S/C15H30N2O/c1-3-5-9-13(4-2)12-17-14(18)15(16)10-7-6-8-11-15/h13H,3-12,16H2,1-2H3,(H,17,18). The lowest BCUT2D eigenvalue weighted by molar-refractivity contribution is -0.127. The molecular formula is C15H30N2O. The van der Waals surface area contributed by atoms with Crippen LogP contribution in [0.2, 0.25) is 0 Å². The van der Waals surface area contributed by atoms with Gasteiger partial charge in [-0.05, 0) is 25.2 Å². The number of unbranched alkanes of at least 4 members (excludes halogenated alkanes) is 1. The van der Waals surface area contributed by atoms with Crippen molar-refractivity contribution in [2.24, 2.45) is 11.7 Å². The summed E-state index contributed by atoms with van der Waals surface area (Å²) in [4.78, 5) is 12.2. The zero-order chi connectivity index (χ0) is 13.4. The molecule has 1 amide bonds. The average molecular weight is 254 g/mol. The lowest BCUT2D eigenvalue weighted by Gasteiger charge is -2.32. The Morgan fingerprint density at radius 1 is 1.28 bits per heavy atom. The van der Waals surface area contributed by atoms with Gasteiger partial charge in [-0.1, -0.05) is 52.4 Å². The second-order valence-corrected chi connectivity index (χ2v) is 5.84. The summed E-state index contributed by atoms with van der Waals surface area (Å²) in [7, 11) is 0. The second kappa shape index (κ2) is 7.78. The summed E-state index contributed by atoms with van der Waals surface area (Å²) in [5, 5.41) is 3.09. The van der Waals surface area contributed by atoms with Crippen molar-refractivity contribution in [3.05, 3.63) is 0 Å². The van der Waals surface area contributed by atoms with Gasteiger partial charge in [0.2, 0.25) is 5.91 Å². The van der Waals surface area contributed by atoms with Gasteiger partial charge in [-0.3, -0.25) is 4.79 Å². The van der Waals surface area contributed by atoms with Crippen LogP contribution < -0.4 is 11.1 Å². The smallest absolute Gasteiger partial charge is 0.240 e. The first-order chi connectivity index (χ1) is 8.62. The molecule has 106 valence electrons. The molecule has 0 heterocycles. The highest BCUT2D eigenvalue weighted by molar-refractivity contribution is 5.86. The van der Waals surface area contributed by atoms with Gasteiger partial charge in [0.1, 0.15) is 0 Å². The topological polar surface area (TPSA) is 55.1 Å². The van der Waals surface area contributed by atoms with E-state index >= 15 is 0 Å². The molecule has 1 atom stereocenters. The molecule has 0 saturated heterocycles. The number of nitrogens with two attached hydrogens (primary N) is 1. The van der Waals surface area contributed by atoms with Crippen molar-refractivity contribution in [1.82, 2.24) is 5.32 Å². The second-order valence-electron chi connectivity index (χ2n) is 5.84. The molecule has 1 aliphatic carbocycles. The fourth-order valence-electron chi connectivity index (χ4n) is 2.77. The SMILES string of the molecule is CCCCC(CC)CNC(=O)C1(N)CCCCC1. The lowest BCUT2D eigenvalue weighted by atomic mass is 9.82. The van der Waals surface area contributed by atoms with Crippen LogP contribution in [0.1, 0.15) is 71.6 Å². The molecule has 0 aliphatic heterocycles. The van der Waals surface area contributed by atoms with Crippen LogP contribution in [0.25, 0.3) is 0 Å². The van der Waals surface area contributed by atoms with Crippen LogP contribution in [0, 0.1) is 5.92 Å². The monoisotopic (exact) mass is 254 g/mol. The molecule has 1 aliphatic rings. The van der Waals surface area contributed by atoms with E-state index < -0.39 is 5.54 Å². The Morgan fingerprint density at radius 2 is 1.94 bits per heavy atom. The number of hydrogen-bond donors (Lipinski definition) is 2. The number of hydrogen-bond acceptors (Lipinski definition) is 2. The average Bonchev–Trinajstić information content (AvgIpc) is 2.39. The van der Waals surface area contributed by atoms with Crippen LogP contribution in [-0.2, 0) is 4.79 Å². The summed E-state index contributed by atoms with van der Waals surface area (Å²) >= 11 is 0. The minimum atomic E-state index is -0.582. The van der Waals surface area contributed by atoms with Crippen LogP contribution >= 0.6 is 0 Å². The maximum absolute atomic E-state index is 12.2. The van der Waals surface area contributed by atoms with Gasteiger partial charge in [-0.25, -0.2) is 0 Å². The van der Waals surface area contributed by atoms with Gasteiger partial charge in [-0.15, -0.1) is 0 Å². The van der Waals surface area contributed by atoms with Crippen molar-refractivity contribution in [3.63, 3.8) is 0 Å². The van der Waals surface area contributed by atoms with Gasteiger partial charge >= 0.3 is 0 Å². The first-order valence-corrected chi connectivity index (χ1v) is 7.69. The van der Waals surface area contributed by atoms with E-state index in [-0.39, 0.29) is 5.91 Å². The molecule has 3 N–H and O–H groups in total. The zero-order valence-electron chi connectivity index (χ0n) is 12.1. The molecule has 0 spiro atoms. The first-order valence-electron chi connectivity index (χ1n) is 7.69. The van der Waals surface area contributed by atoms with E-state index in [0.717, 1.165) is 38.6 Å². The molecule has 1 unspecified atom stereocenters. The Hall–Kier alpha value is -0.570. The maximum Gasteiger partial charge on any atom is 0.240 e. The summed E-state index contributed by atoms with van der Waals surface area (Å²) in [6.45, 7) is 5.21. The van der Waals surface area contributed by atoms with Crippen LogP contribution in [0.3, 0.4) is 0 Å². The Kier molecular flexibility index (Phi) is 6.69. The molecule has 18 heavy (non-hydrogen) atoms. The quantitative estimate of drug-likeness (QED) is 0.734. The molecule has 0 aromatic carbocycles. The van der Waals surface area contributed by atoms with Crippen molar-refractivity contribution in [2.45, 2.75) is 77.2 Å². The van der Waals surface area contributed by atoms with Crippen LogP contribution in [0.4, 0.5) is 0 Å². The highest BCUT2D eigenvalue weighted by atomic mass is 16.2. The van der Waals surface area contributed by atoms with E-state index in [2.05, 4.69) is 19.2 Å². The molecule has 0 aromatic rings. The molecular weight excluding hydrogens is 224 g/mol. The van der Waals surface area contributed by atoms with Crippen molar-refractivity contribution >= 4 is 5.91 Å². The summed E-state index contributed by atoms with van der Waals surface area (Å²) in [5.74, 6) is 0.693. The third-order valence-electron chi connectivity index (χ3n) is 4.29. The Balaban J connectivity index is 2.34. The third kappa shape index (κ3) is 4.60. The minimum Gasteiger partial charge on any atom is -0.354 e. The van der Waals surface area contributed by atoms with E-state index in [0.29, 0.717) is 5.92 Å². The molecule has 1 fully saturated rings. The summed E-state index contributed by atoms with van der Waals surface area (Å²) in [6.07, 6.45) is 9.94. The maximum atomic E-state index is 12.2. The summed E-state index contributed by atoms with van der Waals surface area (Å²) < 4.78 is 0. The van der Waals surface area contributed by atoms with Gasteiger partial charge in [0, 0.05) is 6.54 Å². The molecule has 0 radical (unpaired) electrons.